The average molecular weight is 224 g/mol. The van der Waals surface area contributed by atoms with Gasteiger partial charge < -0.3 is 4.43 Å². The van der Waals surface area contributed by atoms with E-state index in [9.17, 15) is 0 Å². The minimum Gasteiger partial charge on any atom is -0.408 e. The summed E-state index contributed by atoms with van der Waals surface area (Å²) in [6.07, 6.45) is 9.68. The fourth-order valence-electron chi connectivity index (χ4n) is 1.93. The smallest absolute Gasteiger partial charge is 0.184 e. The van der Waals surface area contributed by atoms with E-state index in [1.807, 2.05) is 0 Å². The van der Waals surface area contributed by atoms with Crippen molar-refractivity contribution in [3.05, 3.63) is 24.3 Å². The molecule has 0 fully saturated rings. The van der Waals surface area contributed by atoms with Crippen LogP contribution in [0.1, 0.15) is 27.2 Å². The maximum absolute atomic E-state index is 6.43. The van der Waals surface area contributed by atoms with Crippen LogP contribution in [0.5, 0.6) is 0 Å². The molecule has 0 saturated carbocycles. The average Bonchev–Trinajstić information content (AvgIpc) is 2.00. The zero-order valence-corrected chi connectivity index (χ0v) is 11.9. The summed E-state index contributed by atoms with van der Waals surface area (Å²) in [5, 5.41) is 0. The van der Waals surface area contributed by atoms with Crippen molar-refractivity contribution in [2.45, 2.75) is 52.4 Å². The van der Waals surface area contributed by atoms with Gasteiger partial charge in [0.1, 0.15) is 0 Å². The van der Waals surface area contributed by atoms with Gasteiger partial charge in [0.25, 0.3) is 0 Å². The van der Waals surface area contributed by atoms with Crippen molar-refractivity contribution < 1.29 is 4.43 Å². The minimum absolute atomic E-state index is 0.105. The molecule has 1 rings (SSSR count). The lowest BCUT2D eigenvalue weighted by Gasteiger charge is -2.47. The first-order valence-electron chi connectivity index (χ1n) is 5.71. The first-order valence-corrected chi connectivity index (χ1v) is 9.12. The van der Waals surface area contributed by atoms with Crippen molar-refractivity contribution >= 4 is 8.32 Å². The molecule has 0 saturated heterocycles. The maximum Gasteiger partial charge on any atom is 0.184 e. The number of rotatable bonds is 2. The molecule has 0 spiro atoms. The van der Waals surface area contributed by atoms with Gasteiger partial charge in [-0.3, -0.25) is 0 Å². The minimum atomic E-state index is -1.51. The van der Waals surface area contributed by atoms with Crippen LogP contribution in [-0.4, -0.2) is 13.9 Å². The molecule has 0 bridgehead atoms. The summed E-state index contributed by atoms with van der Waals surface area (Å²) >= 11 is 0. The summed E-state index contributed by atoms with van der Waals surface area (Å²) in [6.45, 7) is 13.6. The fraction of sp³-hybridized carbons (Fsp3) is 0.692. The Hall–Kier alpha value is -0.343. The SMILES string of the molecule is CC(C)(C)C1(O[Si](C)(C)C)C=CC=CC1. The molecule has 0 amide bonds. The van der Waals surface area contributed by atoms with Gasteiger partial charge in [-0.05, 0) is 31.5 Å². The molecule has 86 valence electrons. The largest absolute Gasteiger partial charge is 0.408 e. The number of allylic oxidation sites excluding steroid dienone is 2. The fourth-order valence-corrected chi connectivity index (χ4v) is 3.48. The van der Waals surface area contributed by atoms with E-state index in [0.717, 1.165) is 6.42 Å². The van der Waals surface area contributed by atoms with E-state index >= 15 is 0 Å². The van der Waals surface area contributed by atoms with Crippen LogP contribution in [-0.2, 0) is 4.43 Å². The highest BCUT2D eigenvalue weighted by Gasteiger charge is 2.43. The van der Waals surface area contributed by atoms with Gasteiger partial charge in [0.05, 0.1) is 5.60 Å². The molecule has 1 aliphatic carbocycles. The van der Waals surface area contributed by atoms with Gasteiger partial charge in [-0.1, -0.05) is 45.1 Å². The molecule has 0 heterocycles. The summed E-state index contributed by atoms with van der Waals surface area (Å²) in [5.41, 5.74) is 0.0424. The quantitative estimate of drug-likeness (QED) is 0.641. The van der Waals surface area contributed by atoms with E-state index in [0.29, 0.717) is 0 Å². The second-order valence-electron chi connectivity index (χ2n) is 6.35. The van der Waals surface area contributed by atoms with Crippen LogP contribution in [0.15, 0.2) is 24.3 Å². The maximum atomic E-state index is 6.43. The van der Waals surface area contributed by atoms with Crippen LogP contribution < -0.4 is 0 Å². The molecular weight excluding hydrogens is 200 g/mol. The van der Waals surface area contributed by atoms with Crippen molar-refractivity contribution in [1.82, 2.24) is 0 Å². The highest BCUT2D eigenvalue weighted by atomic mass is 28.4. The van der Waals surface area contributed by atoms with Crippen LogP contribution in [0.4, 0.5) is 0 Å². The zero-order chi connectivity index (χ0) is 11.7. The van der Waals surface area contributed by atoms with Crippen molar-refractivity contribution in [2.24, 2.45) is 5.41 Å². The van der Waals surface area contributed by atoms with Crippen LogP contribution in [0, 0.1) is 5.41 Å². The van der Waals surface area contributed by atoms with Crippen LogP contribution in [0.2, 0.25) is 19.6 Å². The van der Waals surface area contributed by atoms with E-state index in [1.54, 1.807) is 0 Å². The third kappa shape index (κ3) is 3.05. The Morgan fingerprint density at radius 3 is 2.07 bits per heavy atom. The van der Waals surface area contributed by atoms with Crippen molar-refractivity contribution in [3.63, 3.8) is 0 Å². The Morgan fingerprint density at radius 1 is 1.13 bits per heavy atom. The van der Waals surface area contributed by atoms with Gasteiger partial charge in [-0.15, -0.1) is 0 Å². The highest BCUT2D eigenvalue weighted by molar-refractivity contribution is 6.69. The van der Waals surface area contributed by atoms with Gasteiger partial charge >= 0.3 is 0 Å². The Kier molecular flexibility index (Phi) is 3.32. The number of hydrogen-bond donors (Lipinski definition) is 0. The number of hydrogen-bond acceptors (Lipinski definition) is 1. The molecule has 0 radical (unpaired) electrons. The van der Waals surface area contributed by atoms with Gasteiger partial charge in [-0.2, -0.15) is 0 Å². The van der Waals surface area contributed by atoms with Crippen LogP contribution in [0.25, 0.3) is 0 Å². The molecule has 0 aromatic carbocycles. The first-order chi connectivity index (χ1) is 6.66. The van der Waals surface area contributed by atoms with Crippen LogP contribution >= 0.6 is 0 Å². The van der Waals surface area contributed by atoms with Crippen molar-refractivity contribution in [3.8, 4) is 0 Å². The van der Waals surface area contributed by atoms with Gasteiger partial charge in [0.15, 0.2) is 8.32 Å². The van der Waals surface area contributed by atoms with E-state index < -0.39 is 8.32 Å². The molecule has 1 nitrogen and oxygen atoms in total. The Bertz CT molecular complexity index is 278. The predicted octanol–water partition coefficient (Wildman–Crippen LogP) is 4.14. The molecule has 0 aromatic heterocycles. The molecule has 1 aliphatic rings. The van der Waals surface area contributed by atoms with E-state index in [-0.39, 0.29) is 11.0 Å². The first kappa shape index (κ1) is 12.7. The monoisotopic (exact) mass is 224 g/mol. The lowest BCUT2D eigenvalue weighted by Crippen LogP contribution is -2.50. The molecule has 0 N–H and O–H groups in total. The van der Waals surface area contributed by atoms with Crippen molar-refractivity contribution in [2.75, 3.05) is 0 Å². The van der Waals surface area contributed by atoms with E-state index in [2.05, 4.69) is 64.7 Å². The van der Waals surface area contributed by atoms with Gasteiger partial charge in [0.2, 0.25) is 0 Å². The summed E-state index contributed by atoms with van der Waals surface area (Å²) in [6, 6.07) is 0. The summed E-state index contributed by atoms with van der Waals surface area (Å²) in [7, 11) is -1.51. The zero-order valence-electron chi connectivity index (χ0n) is 10.9. The molecule has 1 atom stereocenters. The topological polar surface area (TPSA) is 9.23 Å². The predicted molar refractivity (Wildman–Crippen MR) is 69.5 cm³/mol. The Labute approximate surface area is 95.4 Å². The standard InChI is InChI=1S/C13H24OSi/c1-12(2,3)13(14-15(4,5)6)10-8-7-9-11-13/h7-10H,11H2,1-6H3. The lowest BCUT2D eigenvalue weighted by molar-refractivity contribution is 0.00552. The molecular formula is C13H24OSi. The van der Waals surface area contributed by atoms with Gasteiger partial charge in [0, 0.05) is 0 Å². The second-order valence-corrected chi connectivity index (χ2v) is 10.8. The third-order valence-corrected chi connectivity index (χ3v) is 3.77. The van der Waals surface area contributed by atoms with E-state index in [1.165, 1.54) is 0 Å². The molecule has 2 heteroatoms. The molecule has 15 heavy (non-hydrogen) atoms. The Morgan fingerprint density at radius 2 is 1.73 bits per heavy atom. The summed E-state index contributed by atoms with van der Waals surface area (Å²) in [5.74, 6) is 0. The summed E-state index contributed by atoms with van der Waals surface area (Å²) in [4.78, 5) is 0. The summed E-state index contributed by atoms with van der Waals surface area (Å²) < 4.78 is 6.43. The Balaban J connectivity index is 2.99. The van der Waals surface area contributed by atoms with Gasteiger partial charge in [-0.25, -0.2) is 0 Å². The normalized spacial score (nSPS) is 27.1. The van der Waals surface area contributed by atoms with Crippen molar-refractivity contribution in [1.29, 1.82) is 0 Å². The molecule has 0 aliphatic heterocycles. The third-order valence-electron chi connectivity index (χ3n) is 2.79. The van der Waals surface area contributed by atoms with E-state index in [4.69, 9.17) is 4.43 Å². The lowest BCUT2D eigenvalue weighted by atomic mass is 9.73. The van der Waals surface area contributed by atoms with Crippen LogP contribution in [0.3, 0.4) is 0 Å². The molecule has 0 aromatic rings. The highest BCUT2D eigenvalue weighted by Crippen LogP contribution is 2.41. The second kappa shape index (κ2) is 3.91. The molecule has 1 unspecified atom stereocenters.